The Labute approximate surface area is 215 Å². The van der Waals surface area contributed by atoms with Crippen LogP contribution in [0.4, 0.5) is 0 Å². The highest BCUT2D eigenvalue weighted by molar-refractivity contribution is 5.97. The van der Waals surface area contributed by atoms with E-state index < -0.39 is 11.9 Å². The van der Waals surface area contributed by atoms with Crippen molar-refractivity contribution in [2.24, 2.45) is 0 Å². The zero-order valence-electron chi connectivity index (χ0n) is 20.7. The average molecular weight is 497 g/mol. The smallest absolute Gasteiger partial charge is 0.328 e. The number of ketones is 2. The molecule has 0 aliphatic heterocycles. The molecule has 0 aliphatic carbocycles. The van der Waals surface area contributed by atoms with Crippen LogP contribution in [0.5, 0.6) is 0 Å². The molecule has 0 saturated heterocycles. The lowest BCUT2D eigenvalue weighted by Gasteiger charge is -2.22. The third-order valence-electron chi connectivity index (χ3n) is 5.94. The van der Waals surface area contributed by atoms with Crippen LogP contribution in [0.1, 0.15) is 44.9 Å². The van der Waals surface area contributed by atoms with E-state index in [-0.39, 0.29) is 30.3 Å². The van der Waals surface area contributed by atoms with Gasteiger partial charge in [0, 0.05) is 30.9 Å². The van der Waals surface area contributed by atoms with E-state index in [4.69, 9.17) is 10.2 Å². The minimum atomic E-state index is -1.16. The lowest BCUT2D eigenvalue weighted by atomic mass is 9.82. The Bertz CT molecular complexity index is 1280. The van der Waals surface area contributed by atoms with Crippen molar-refractivity contribution < 1.29 is 29.4 Å². The third-order valence-corrected chi connectivity index (χ3v) is 5.94. The maximum atomic E-state index is 12.0. The van der Waals surface area contributed by atoms with E-state index in [9.17, 15) is 19.2 Å². The minimum absolute atomic E-state index is 0.0890. The fourth-order valence-corrected chi connectivity index (χ4v) is 4.21. The number of hydrogen-bond acceptors (Lipinski definition) is 4. The summed E-state index contributed by atoms with van der Waals surface area (Å²) in [7, 11) is 0. The van der Waals surface area contributed by atoms with Crippen LogP contribution in [0, 0.1) is 13.8 Å². The number of aryl methyl sites for hydroxylation is 2. The molecule has 0 bridgehead atoms. The Balaban J connectivity index is 1.90. The number of rotatable bonds is 11. The van der Waals surface area contributed by atoms with Crippen LogP contribution in [0.15, 0.2) is 91.0 Å². The van der Waals surface area contributed by atoms with Crippen LogP contribution in [-0.2, 0) is 32.0 Å². The van der Waals surface area contributed by atoms with Crippen LogP contribution in [0.25, 0.3) is 0 Å². The summed E-state index contributed by atoms with van der Waals surface area (Å²) in [6.45, 7) is 4.11. The maximum Gasteiger partial charge on any atom is 0.328 e. The Morgan fingerprint density at radius 1 is 0.649 bits per heavy atom. The van der Waals surface area contributed by atoms with Crippen LogP contribution < -0.4 is 0 Å². The average Bonchev–Trinajstić information content (AvgIpc) is 2.85. The van der Waals surface area contributed by atoms with E-state index in [1.807, 2.05) is 55.5 Å². The Morgan fingerprint density at radius 3 is 1.46 bits per heavy atom. The summed E-state index contributed by atoms with van der Waals surface area (Å²) >= 11 is 0. The molecule has 0 aromatic heterocycles. The topological polar surface area (TPSA) is 109 Å². The van der Waals surface area contributed by atoms with Gasteiger partial charge in [0.05, 0.1) is 0 Å². The van der Waals surface area contributed by atoms with Crippen molar-refractivity contribution in [2.45, 2.75) is 32.6 Å². The Hall–Kier alpha value is -4.58. The number of aliphatic carboxylic acids is 2. The molecule has 0 atom stereocenters. The van der Waals surface area contributed by atoms with E-state index in [1.54, 1.807) is 0 Å². The fourth-order valence-electron chi connectivity index (χ4n) is 4.21. The van der Waals surface area contributed by atoms with Crippen molar-refractivity contribution in [3.8, 4) is 0 Å². The van der Waals surface area contributed by atoms with Crippen molar-refractivity contribution in [2.75, 3.05) is 0 Å². The van der Waals surface area contributed by atoms with Gasteiger partial charge >= 0.3 is 11.9 Å². The van der Waals surface area contributed by atoms with Crippen molar-refractivity contribution in [1.82, 2.24) is 0 Å². The van der Waals surface area contributed by atoms with E-state index in [2.05, 4.69) is 25.1 Å². The van der Waals surface area contributed by atoms with Gasteiger partial charge < -0.3 is 10.2 Å². The standard InChI is InChI=1S/C31H28O6/c1-20-3-14-28(21(2)17-20)31(24-8-4-22(5-9-24)18-26(32)12-15-29(34)35)25-10-6-23(7-11-25)19-27(33)13-16-30(36)37/h3-17,31H,18-19H2,1-2H3,(H,34,35)(H,36,37)/b15-12+,16-13+. The summed E-state index contributed by atoms with van der Waals surface area (Å²) in [6, 6.07) is 21.7. The first-order valence-electron chi connectivity index (χ1n) is 11.7. The van der Waals surface area contributed by atoms with Gasteiger partial charge in [-0.15, -0.1) is 0 Å². The molecular formula is C31H28O6. The van der Waals surface area contributed by atoms with Gasteiger partial charge in [0.15, 0.2) is 11.6 Å². The third kappa shape index (κ3) is 7.97. The minimum Gasteiger partial charge on any atom is -0.478 e. The van der Waals surface area contributed by atoms with E-state index >= 15 is 0 Å². The summed E-state index contributed by atoms with van der Waals surface area (Å²) in [5.74, 6) is -2.98. The van der Waals surface area contributed by atoms with Crippen molar-refractivity contribution >= 4 is 23.5 Å². The first-order valence-corrected chi connectivity index (χ1v) is 11.7. The highest BCUT2D eigenvalue weighted by Crippen LogP contribution is 2.34. The second kappa shape index (κ2) is 12.4. The van der Waals surface area contributed by atoms with Gasteiger partial charge in [-0.2, -0.15) is 0 Å². The molecule has 0 amide bonds. The Morgan fingerprint density at radius 2 is 1.08 bits per heavy atom. The molecule has 188 valence electrons. The van der Waals surface area contributed by atoms with Crippen molar-refractivity contribution in [1.29, 1.82) is 0 Å². The normalized spacial score (nSPS) is 11.3. The van der Waals surface area contributed by atoms with Gasteiger partial charge in [0.1, 0.15) is 0 Å². The monoisotopic (exact) mass is 496 g/mol. The van der Waals surface area contributed by atoms with Crippen molar-refractivity contribution in [3.05, 3.63) is 130 Å². The highest BCUT2D eigenvalue weighted by Gasteiger charge is 2.19. The zero-order chi connectivity index (χ0) is 26.9. The highest BCUT2D eigenvalue weighted by atomic mass is 16.4. The fraction of sp³-hybridized carbons (Fsp3) is 0.161. The van der Waals surface area contributed by atoms with E-state index in [0.29, 0.717) is 0 Å². The molecule has 6 nitrogen and oxygen atoms in total. The van der Waals surface area contributed by atoms with Gasteiger partial charge in [0.2, 0.25) is 0 Å². The van der Waals surface area contributed by atoms with Gasteiger partial charge in [-0.3, -0.25) is 9.59 Å². The number of carboxylic acid groups (broad SMARTS) is 2. The van der Waals surface area contributed by atoms with Gasteiger partial charge in [-0.05, 0) is 59.4 Å². The van der Waals surface area contributed by atoms with Crippen LogP contribution >= 0.6 is 0 Å². The predicted octanol–water partition coefficient (Wildman–Crippen LogP) is 4.99. The summed E-state index contributed by atoms with van der Waals surface area (Å²) < 4.78 is 0. The van der Waals surface area contributed by atoms with Crippen molar-refractivity contribution in [3.63, 3.8) is 0 Å². The molecule has 0 aliphatic rings. The largest absolute Gasteiger partial charge is 0.478 e. The number of carbonyl (C=O) groups is 4. The summed E-state index contributed by atoms with van der Waals surface area (Å²) in [5, 5.41) is 17.4. The molecule has 0 heterocycles. The molecule has 0 spiro atoms. The molecule has 3 rings (SSSR count). The maximum absolute atomic E-state index is 12.0. The molecular weight excluding hydrogens is 468 g/mol. The molecule has 0 unspecified atom stereocenters. The van der Waals surface area contributed by atoms with Crippen LogP contribution in [0.2, 0.25) is 0 Å². The van der Waals surface area contributed by atoms with E-state index in [0.717, 1.165) is 63.2 Å². The molecule has 0 fully saturated rings. The molecule has 0 radical (unpaired) electrons. The lowest BCUT2D eigenvalue weighted by Crippen LogP contribution is -2.07. The van der Waals surface area contributed by atoms with Gasteiger partial charge in [-0.1, -0.05) is 72.3 Å². The molecule has 37 heavy (non-hydrogen) atoms. The Kier molecular flexibility index (Phi) is 9.05. The summed E-state index contributed by atoms with van der Waals surface area (Å²) in [4.78, 5) is 45.3. The summed E-state index contributed by atoms with van der Waals surface area (Å²) in [6.07, 6.45) is 4.03. The molecule has 6 heteroatoms. The number of allylic oxidation sites excluding steroid dienone is 2. The van der Waals surface area contributed by atoms with E-state index in [1.165, 1.54) is 0 Å². The lowest BCUT2D eigenvalue weighted by molar-refractivity contribution is -0.132. The van der Waals surface area contributed by atoms with Gasteiger partial charge in [0.25, 0.3) is 0 Å². The first kappa shape index (κ1) is 27.0. The number of carboxylic acids is 2. The second-order valence-electron chi connectivity index (χ2n) is 8.91. The van der Waals surface area contributed by atoms with Gasteiger partial charge in [-0.25, -0.2) is 9.59 Å². The second-order valence-corrected chi connectivity index (χ2v) is 8.91. The number of hydrogen-bond donors (Lipinski definition) is 2. The zero-order valence-corrected chi connectivity index (χ0v) is 20.7. The SMILES string of the molecule is Cc1ccc(C(c2ccc(CC(=O)/C=C/C(=O)O)cc2)c2ccc(CC(=O)/C=C/C(=O)O)cc2)c(C)c1. The number of benzene rings is 3. The number of carbonyl (C=O) groups excluding carboxylic acids is 2. The molecule has 2 N–H and O–H groups in total. The summed E-state index contributed by atoms with van der Waals surface area (Å²) in [5.41, 5.74) is 7.05. The quantitative estimate of drug-likeness (QED) is 0.286. The van der Waals surface area contributed by atoms with Crippen LogP contribution in [0.3, 0.4) is 0 Å². The predicted molar refractivity (Wildman–Crippen MR) is 141 cm³/mol. The molecule has 3 aromatic rings. The molecule has 3 aromatic carbocycles. The molecule has 0 saturated carbocycles. The first-order chi connectivity index (χ1) is 17.6. The van der Waals surface area contributed by atoms with Crippen LogP contribution in [-0.4, -0.2) is 33.7 Å².